The van der Waals surface area contributed by atoms with Gasteiger partial charge in [0.25, 0.3) is 0 Å². The Morgan fingerprint density at radius 1 is 0.800 bits per heavy atom. The first-order chi connectivity index (χ1) is 2.41. The largest absolute Gasteiger partial charge is 0.317 e. The van der Waals surface area contributed by atoms with Crippen LogP contribution < -0.4 is 5.32 Å². The lowest BCUT2D eigenvalue weighted by Gasteiger charge is -1.86. The first-order valence-electron chi connectivity index (χ1n) is 2.12. The van der Waals surface area contributed by atoms with Crippen molar-refractivity contribution in [2.24, 2.45) is 0 Å². The second-order valence-electron chi connectivity index (χ2n) is 0.957. The van der Waals surface area contributed by atoms with Crippen molar-refractivity contribution in [2.75, 3.05) is 13.1 Å². The zero-order chi connectivity index (χ0) is 4.12. The third-order valence-corrected chi connectivity index (χ3v) is 0.500. The predicted octanol–water partition coefficient (Wildman–Crippen LogP) is 0.0419. The van der Waals surface area contributed by atoms with E-state index in [9.17, 15) is 0 Å². The van der Waals surface area contributed by atoms with Gasteiger partial charge in [0.1, 0.15) is 0 Å². The normalized spacial score (nSPS) is 4.20. The van der Waals surface area contributed by atoms with E-state index in [0.29, 0.717) is 0 Å². The van der Waals surface area contributed by atoms with Gasteiger partial charge in [-0.1, -0.05) is 13.8 Å². The van der Waals surface area contributed by atoms with Gasteiger partial charge in [-0.3, -0.25) is 18.8 Å². The highest BCUT2D eigenvalue weighted by atomic mass is 19.0. The van der Waals surface area contributed by atoms with Crippen molar-refractivity contribution in [3.8, 4) is 0 Å². The molecule has 0 spiro atoms. The Morgan fingerprint density at radius 2 is 1.00 bits per heavy atom. The molecular formula is C4H18BF4N. The average molecular weight is 167 g/mol. The zero-order valence-corrected chi connectivity index (χ0v) is 5.55. The fraction of sp³-hybridized carbons (Fsp3) is 1.00. The van der Waals surface area contributed by atoms with Gasteiger partial charge in [0.15, 0.2) is 0 Å². The summed E-state index contributed by atoms with van der Waals surface area (Å²) in [7, 11) is 0. The molecule has 0 saturated heterocycles. The maximum atomic E-state index is 3.11. The van der Waals surface area contributed by atoms with Crippen LogP contribution in [-0.4, -0.2) is 21.5 Å². The molecule has 0 amide bonds. The van der Waals surface area contributed by atoms with E-state index < -0.39 is 0 Å². The molecule has 0 rings (SSSR count). The molecule has 1 N–H and O–H groups in total. The van der Waals surface area contributed by atoms with E-state index in [0.717, 1.165) is 13.1 Å². The summed E-state index contributed by atoms with van der Waals surface area (Å²) < 4.78 is 0. The molecule has 0 aliphatic heterocycles. The van der Waals surface area contributed by atoms with Crippen LogP contribution in [-0.2, 0) is 0 Å². The number of nitrogens with one attached hydrogen (secondary N) is 1. The third-order valence-electron chi connectivity index (χ3n) is 0.500. The Balaban J connectivity index is -0.00000000800. The molecule has 1 nitrogen and oxygen atoms in total. The molecule has 0 fully saturated rings. The molecule has 0 aromatic carbocycles. The Labute approximate surface area is 60.6 Å². The molecule has 0 saturated carbocycles. The van der Waals surface area contributed by atoms with E-state index in [1.54, 1.807) is 0 Å². The molecule has 0 aliphatic carbocycles. The summed E-state index contributed by atoms with van der Waals surface area (Å²) in [6.45, 7) is 6.39. The molecule has 0 aromatic heterocycles. The van der Waals surface area contributed by atoms with Crippen molar-refractivity contribution in [2.45, 2.75) is 13.8 Å². The van der Waals surface area contributed by atoms with Gasteiger partial charge in [-0.2, -0.15) is 0 Å². The van der Waals surface area contributed by atoms with Crippen molar-refractivity contribution >= 4 is 8.41 Å². The third kappa shape index (κ3) is 116. The van der Waals surface area contributed by atoms with Crippen LogP contribution in [0.2, 0.25) is 0 Å². The lowest BCUT2D eigenvalue weighted by atomic mass is 10.7. The average Bonchev–Trinajstić information content (AvgIpc) is 1.41. The van der Waals surface area contributed by atoms with E-state index >= 15 is 0 Å². The lowest BCUT2D eigenvalue weighted by Crippen LogP contribution is -2.09. The van der Waals surface area contributed by atoms with Gasteiger partial charge in [0.05, 0.1) is 8.41 Å². The molecule has 0 unspecified atom stereocenters. The Kier molecular flexibility index (Phi) is 370. The number of hydrogen-bond acceptors (Lipinski definition) is 1. The summed E-state index contributed by atoms with van der Waals surface area (Å²) in [5.74, 6) is 0. The Bertz CT molecular complexity index is 24.7. The van der Waals surface area contributed by atoms with Crippen LogP contribution in [0.5, 0.6) is 0 Å². The summed E-state index contributed by atoms with van der Waals surface area (Å²) in [6.07, 6.45) is 0. The van der Waals surface area contributed by atoms with Gasteiger partial charge in [-0.25, -0.2) is 0 Å². The van der Waals surface area contributed by atoms with Crippen molar-refractivity contribution in [1.82, 2.24) is 5.32 Å². The quantitative estimate of drug-likeness (QED) is 0.452. The van der Waals surface area contributed by atoms with Crippen LogP contribution in [0.4, 0.5) is 18.8 Å². The fourth-order valence-corrected chi connectivity index (χ4v) is 0.250. The zero-order valence-electron chi connectivity index (χ0n) is 5.55. The van der Waals surface area contributed by atoms with E-state index in [2.05, 4.69) is 19.2 Å². The molecule has 0 radical (unpaired) electrons. The second kappa shape index (κ2) is 69.6. The highest BCUT2D eigenvalue weighted by Crippen LogP contribution is 1.47. The predicted molar refractivity (Wildman–Crippen MR) is 44.2 cm³/mol. The van der Waals surface area contributed by atoms with Crippen LogP contribution >= 0.6 is 0 Å². The van der Waals surface area contributed by atoms with Crippen molar-refractivity contribution < 1.29 is 18.8 Å². The number of halogens is 4. The van der Waals surface area contributed by atoms with E-state index in [4.69, 9.17) is 0 Å². The Hall–Kier alpha value is -0.255. The lowest BCUT2D eigenvalue weighted by molar-refractivity contribution is 0.762. The minimum absolute atomic E-state index is 0. The SMILES string of the molecule is B.CCNCC.F.F.F.F. The van der Waals surface area contributed by atoms with E-state index in [1.165, 1.54) is 0 Å². The second-order valence-corrected chi connectivity index (χ2v) is 0.957. The van der Waals surface area contributed by atoms with Gasteiger partial charge in [-0.15, -0.1) is 0 Å². The molecule has 0 aromatic rings. The molecule has 0 atom stereocenters. The highest BCUT2D eigenvalue weighted by molar-refractivity contribution is 5.75. The molecule has 0 bridgehead atoms. The molecule has 6 heteroatoms. The van der Waals surface area contributed by atoms with Gasteiger partial charge in [0, 0.05) is 0 Å². The number of rotatable bonds is 2. The Morgan fingerprint density at radius 3 is 1.00 bits per heavy atom. The molecule has 0 heterocycles. The number of hydrogen-bond donors (Lipinski definition) is 1. The molecule has 0 aliphatic rings. The smallest absolute Gasteiger partial charge is 0.0814 e. The van der Waals surface area contributed by atoms with Crippen LogP contribution in [0, 0.1) is 0 Å². The fourth-order valence-electron chi connectivity index (χ4n) is 0.250. The van der Waals surface area contributed by atoms with Gasteiger partial charge in [0.2, 0.25) is 0 Å². The standard InChI is InChI=1S/C4H11N.BH3.4FH/c1-3-5-4-2;;;;;/h5H,3-4H2,1-2H3;1H3;4*1H. The van der Waals surface area contributed by atoms with Crippen molar-refractivity contribution in [3.63, 3.8) is 0 Å². The molecule has 70 valence electrons. The van der Waals surface area contributed by atoms with Gasteiger partial charge >= 0.3 is 0 Å². The van der Waals surface area contributed by atoms with Crippen LogP contribution in [0.3, 0.4) is 0 Å². The topological polar surface area (TPSA) is 12.0 Å². The minimum Gasteiger partial charge on any atom is -0.317 e. The summed E-state index contributed by atoms with van der Waals surface area (Å²) in [5, 5.41) is 3.11. The van der Waals surface area contributed by atoms with Gasteiger partial charge in [-0.05, 0) is 13.1 Å². The highest BCUT2D eigenvalue weighted by Gasteiger charge is 1.62. The maximum absolute atomic E-state index is 3.11. The maximum Gasteiger partial charge on any atom is 0.0814 e. The molecule has 10 heavy (non-hydrogen) atoms. The minimum atomic E-state index is 0. The van der Waals surface area contributed by atoms with E-state index in [-0.39, 0.29) is 27.2 Å². The summed E-state index contributed by atoms with van der Waals surface area (Å²) in [4.78, 5) is 0. The first-order valence-corrected chi connectivity index (χ1v) is 2.12. The van der Waals surface area contributed by atoms with Crippen LogP contribution in [0.25, 0.3) is 0 Å². The van der Waals surface area contributed by atoms with Gasteiger partial charge < -0.3 is 5.32 Å². The first kappa shape index (κ1) is 53.1. The monoisotopic (exact) mass is 167 g/mol. The van der Waals surface area contributed by atoms with Crippen LogP contribution in [0.1, 0.15) is 13.8 Å². The summed E-state index contributed by atoms with van der Waals surface area (Å²) in [5.41, 5.74) is 0. The van der Waals surface area contributed by atoms with Crippen molar-refractivity contribution in [1.29, 1.82) is 0 Å². The summed E-state index contributed by atoms with van der Waals surface area (Å²) in [6, 6.07) is 0. The van der Waals surface area contributed by atoms with Crippen LogP contribution in [0.15, 0.2) is 0 Å². The van der Waals surface area contributed by atoms with Crippen molar-refractivity contribution in [3.05, 3.63) is 0 Å². The summed E-state index contributed by atoms with van der Waals surface area (Å²) >= 11 is 0. The van der Waals surface area contributed by atoms with E-state index in [1.807, 2.05) is 0 Å². The molecular weight excluding hydrogens is 149 g/mol.